The van der Waals surface area contributed by atoms with E-state index in [2.05, 4.69) is 20.5 Å². The molecular formula is C25H28FN5O4. The number of nitrogens with zero attached hydrogens (tertiary/aromatic N) is 3. The van der Waals surface area contributed by atoms with Crippen molar-refractivity contribution in [2.24, 2.45) is 4.99 Å². The van der Waals surface area contributed by atoms with Gasteiger partial charge in [0.1, 0.15) is 5.82 Å². The highest BCUT2D eigenvalue weighted by atomic mass is 19.1. The van der Waals surface area contributed by atoms with Crippen LogP contribution in [0.2, 0.25) is 0 Å². The van der Waals surface area contributed by atoms with E-state index in [1.54, 1.807) is 6.08 Å². The smallest absolute Gasteiger partial charge is 0.256 e. The molecule has 2 fully saturated rings. The summed E-state index contributed by atoms with van der Waals surface area (Å²) < 4.78 is 19.7. The Morgan fingerprint density at radius 1 is 1.26 bits per heavy atom. The number of aliphatic imine (C=N–C) groups is 1. The topological polar surface area (TPSA) is 103 Å². The molecule has 1 unspecified atom stereocenters. The lowest BCUT2D eigenvalue weighted by Crippen LogP contribution is -2.46. The summed E-state index contributed by atoms with van der Waals surface area (Å²) >= 11 is 0. The van der Waals surface area contributed by atoms with Crippen molar-refractivity contribution in [3.63, 3.8) is 0 Å². The Labute approximate surface area is 202 Å². The summed E-state index contributed by atoms with van der Waals surface area (Å²) in [5, 5.41) is 5.31. The van der Waals surface area contributed by atoms with Crippen LogP contribution in [0.4, 0.5) is 15.8 Å². The predicted molar refractivity (Wildman–Crippen MR) is 129 cm³/mol. The molecule has 0 saturated carbocycles. The molecular weight excluding hydrogens is 453 g/mol. The zero-order chi connectivity index (χ0) is 24.7. The van der Waals surface area contributed by atoms with Gasteiger partial charge in [-0.15, -0.1) is 0 Å². The fourth-order valence-electron chi connectivity index (χ4n) is 5.02. The highest BCUT2D eigenvalue weighted by molar-refractivity contribution is 6.26. The molecule has 184 valence electrons. The fourth-order valence-corrected chi connectivity index (χ4v) is 5.02. The van der Waals surface area contributed by atoms with Crippen LogP contribution in [-0.2, 0) is 19.1 Å². The normalized spacial score (nSPS) is 23.4. The Morgan fingerprint density at radius 2 is 2.03 bits per heavy atom. The van der Waals surface area contributed by atoms with Crippen molar-refractivity contribution in [3.8, 4) is 0 Å². The standard InChI is InChI=1S/C25H28FN5O4/c1-14-20(13-18-17-11-16(26)12-21(27-15(2)32)23(17)29-24(18)33)28-19-3-4-31(25(34)22(14)19)6-5-30-7-9-35-10-8-30/h11-13,18H,3-10H2,1-2H3,(H,27,32)(H,29,33). The number of rotatable bonds is 5. The molecule has 0 radical (unpaired) electrons. The molecule has 3 amide bonds. The van der Waals surface area contributed by atoms with Gasteiger partial charge in [0.05, 0.1) is 47.5 Å². The van der Waals surface area contributed by atoms with Gasteiger partial charge in [0, 0.05) is 46.1 Å². The van der Waals surface area contributed by atoms with Crippen LogP contribution in [0.1, 0.15) is 31.7 Å². The highest BCUT2D eigenvalue weighted by Gasteiger charge is 2.37. The van der Waals surface area contributed by atoms with Crippen LogP contribution in [0.3, 0.4) is 0 Å². The Bertz CT molecular complexity index is 1200. The van der Waals surface area contributed by atoms with E-state index >= 15 is 0 Å². The average molecular weight is 482 g/mol. The largest absolute Gasteiger partial charge is 0.379 e. The molecule has 4 heterocycles. The minimum atomic E-state index is -0.782. The number of allylic oxidation sites excluding steroid dienone is 1. The number of piperidine rings is 1. The maximum atomic E-state index is 14.3. The van der Waals surface area contributed by atoms with Gasteiger partial charge in [0.25, 0.3) is 5.91 Å². The minimum absolute atomic E-state index is 0.0422. The van der Waals surface area contributed by atoms with E-state index in [0.717, 1.165) is 44.1 Å². The third-order valence-corrected chi connectivity index (χ3v) is 6.85. The fraction of sp³-hybridized carbons (Fsp3) is 0.440. The van der Waals surface area contributed by atoms with Crippen molar-refractivity contribution in [3.05, 3.63) is 46.4 Å². The number of amides is 3. The van der Waals surface area contributed by atoms with Gasteiger partial charge < -0.3 is 20.3 Å². The molecule has 2 saturated heterocycles. The summed E-state index contributed by atoms with van der Waals surface area (Å²) in [6, 6.07) is 2.47. The van der Waals surface area contributed by atoms with Gasteiger partial charge in [-0.25, -0.2) is 4.39 Å². The lowest BCUT2D eigenvalue weighted by Gasteiger charge is -2.32. The Hall–Kier alpha value is -3.37. The molecule has 0 aliphatic carbocycles. The average Bonchev–Trinajstić information content (AvgIpc) is 3.31. The van der Waals surface area contributed by atoms with E-state index in [1.807, 2.05) is 11.8 Å². The van der Waals surface area contributed by atoms with Crippen molar-refractivity contribution in [2.45, 2.75) is 26.2 Å². The Morgan fingerprint density at radius 3 is 2.77 bits per heavy atom. The Balaban J connectivity index is 1.38. The molecule has 4 aliphatic heterocycles. The van der Waals surface area contributed by atoms with Gasteiger partial charge in [0.2, 0.25) is 11.8 Å². The number of hydrogen-bond acceptors (Lipinski definition) is 6. The lowest BCUT2D eigenvalue weighted by atomic mass is 9.95. The molecule has 0 bridgehead atoms. The first-order valence-corrected chi connectivity index (χ1v) is 11.8. The molecule has 1 aromatic rings. The molecule has 1 atom stereocenters. The molecule has 2 N–H and O–H groups in total. The number of nitrogens with one attached hydrogen (secondary N) is 2. The third kappa shape index (κ3) is 4.51. The number of anilines is 2. The van der Waals surface area contributed by atoms with E-state index < -0.39 is 11.7 Å². The summed E-state index contributed by atoms with van der Waals surface area (Å²) in [4.78, 5) is 46.4. The van der Waals surface area contributed by atoms with Gasteiger partial charge in [-0.2, -0.15) is 0 Å². The second kappa shape index (κ2) is 9.35. The van der Waals surface area contributed by atoms with E-state index in [1.165, 1.54) is 19.1 Å². The summed E-state index contributed by atoms with van der Waals surface area (Å²) in [5.41, 5.74) is 3.64. The number of likely N-dealkylation sites (tertiary alicyclic amines) is 1. The summed E-state index contributed by atoms with van der Waals surface area (Å²) in [7, 11) is 0. The quantitative estimate of drug-likeness (QED) is 0.670. The first kappa shape index (κ1) is 23.4. The zero-order valence-electron chi connectivity index (χ0n) is 19.8. The van der Waals surface area contributed by atoms with Gasteiger partial charge in [-0.05, 0) is 36.3 Å². The number of morpholine rings is 1. The first-order valence-electron chi connectivity index (χ1n) is 11.8. The molecule has 10 heteroatoms. The molecule has 9 nitrogen and oxygen atoms in total. The van der Waals surface area contributed by atoms with Crippen molar-refractivity contribution >= 4 is 34.8 Å². The molecule has 1 aromatic carbocycles. The van der Waals surface area contributed by atoms with Crippen molar-refractivity contribution in [1.82, 2.24) is 9.80 Å². The lowest BCUT2D eigenvalue weighted by molar-refractivity contribution is -0.127. The Kier molecular flexibility index (Phi) is 6.24. The molecule has 4 aliphatic rings. The molecule has 35 heavy (non-hydrogen) atoms. The van der Waals surface area contributed by atoms with Gasteiger partial charge >= 0.3 is 0 Å². The van der Waals surface area contributed by atoms with Gasteiger partial charge in [-0.3, -0.25) is 24.3 Å². The monoisotopic (exact) mass is 481 g/mol. The number of benzene rings is 1. The van der Waals surface area contributed by atoms with Crippen molar-refractivity contribution in [2.75, 3.05) is 56.6 Å². The summed E-state index contributed by atoms with van der Waals surface area (Å²) in [5.74, 6) is -2.08. The molecule has 0 spiro atoms. The summed E-state index contributed by atoms with van der Waals surface area (Å²) in [6.45, 7) is 8.39. The number of carbonyl (C=O) groups is 3. The van der Waals surface area contributed by atoms with E-state index in [9.17, 15) is 18.8 Å². The van der Waals surface area contributed by atoms with E-state index in [-0.39, 0.29) is 23.4 Å². The second-order valence-electron chi connectivity index (χ2n) is 9.17. The zero-order valence-corrected chi connectivity index (χ0v) is 19.8. The number of hydrogen-bond donors (Lipinski definition) is 2. The van der Waals surface area contributed by atoms with Crippen LogP contribution in [0.15, 0.2) is 40.0 Å². The number of halogens is 1. The second-order valence-corrected chi connectivity index (χ2v) is 9.17. The number of carbonyl (C=O) groups excluding carboxylic acids is 3. The van der Waals surface area contributed by atoms with E-state index in [0.29, 0.717) is 42.0 Å². The first-order chi connectivity index (χ1) is 16.8. The third-order valence-electron chi connectivity index (χ3n) is 6.85. The van der Waals surface area contributed by atoms with Crippen LogP contribution in [-0.4, -0.2) is 79.2 Å². The van der Waals surface area contributed by atoms with Gasteiger partial charge in [0.15, 0.2) is 0 Å². The van der Waals surface area contributed by atoms with Crippen LogP contribution in [0.25, 0.3) is 0 Å². The predicted octanol–water partition coefficient (Wildman–Crippen LogP) is 2.04. The minimum Gasteiger partial charge on any atom is -0.379 e. The van der Waals surface area contributed by atoms with Crippen molar-refractivity contribution in [1.29, 1.82) is 0 Å². The van der Waals surface area contributed by atoms with Crippen LogP contribution >= 0.6 is 0 Å². The summed E-state index contributed by atoms with van der Waals surface area (Å²) in [6.07, 6.45) is 2.32. The molecule has 0 aromatic heterocycles. The number of ether oxygens (including phenoxy) is 1. The molecule has 5 rings (SSSR count). The SMILES string of the molecule is CC(=O)Nc1cc(F)cc2c1NC(=O)C2C=C1N=C2CCN(CCN3CCOCC3)C(=O)C2=C1C. The maximum absolute atomic E-state index is 14.3. The van der Waals surface area contributed by atoms with Crippen LogP contribution in [0, 0.1) is 5.82 Å². The van der Waals surface area contributed by atoms with Crippen LogP contribution < -0.4 is 10.6 Å². The van der Waals surface area contributed by atoms with Crippen molar-refractivity contribution < 1.29 is 23.5 Å². The number of fused-ring (bicyclic) bond motifs is 2. The van der Waals surface area contributed by atoms with E-state index in [4.69, 9.17) is 4.74 Å². The van der Waals surface area contributed by atoms with Crippen LogP contribution in [0.5, 0.6) is 0 Å². The maximum Gasteiger partial charge on any atom is 0.256 e. The van der Waals surface area contributed by atoms with Gasteiger partial charge in [-0.1, -0.05) is 0 Å². The highest BCUT2D eigenvalue weighted by Crippen LogP contribution is 2.42.